The van der Waals surface area contributed by atoms with Crippen molar-refractivity contribution in [1.82, 2.24) is 0 Å². The first-order valence-electron chi connectivity index (χ1n) is 23.5. The van der Waals surface area contributed by atoms with Crippen LogP contribution in [-0.2, 0) is 39.8 Å². The maximum atomic E-state index is 6.93. The van der Waals surface area contributed by atoms with Crippen LogP contribution < -0.4 is 0 Å². The molecule has 0 aromatic rings. The monoisotopic (exact) mass is 1010 g/mol. The summed E-state index contributed by atoms with van der Waals surface area (Å²) < 4.78 is 61.4. The Morgan fingerprint density at radius 2 is 0.733 bits per heavy atom. The zero-order chi connectivity index (χ0) is 45.5. The second-order valence-electron chi connectivity index (χ2n) is 15.9. The zero-order valence-corrected chi connectivity index (χ0v) is 47.9. The first kappa shape index (κ1) is 60.4. The Kier molecular flexibility index (Phi) is 32.4. The summed E-state index contributed by atoms with van der Waals surface area (Å²) in [5.74, 6) is 0.305. The van der Waals surface area contributed by atoms with Crippen LogP contribution in [0.2, 0.25) is 16.6 Å². The van der Waals surface area contributed by atoms with E-state index in [1.807, 2.05) is 62.3 Å². The quantitative estimate of drug-likeness (QED) is 0.0272. The van der Waals surface area contributed by atoms with Crippen molar-refractivity contribution in [2.24, 2.45) is 17.8 Å². The summed E-state index contributed by atoms with van der Waals surface area (Å²) in [5, 5.41) is -0.0914. The van der Waals surface area contributed by atoms with Crippen LogP contribution in [0.25, 0.3) is 0 Å². The van der Waals surface area contributed by atoms with Crippen LogP contribution >= 0.6 is 75.8 Å². The van der Waals surface area contributed by atoms with E-state index in [0.717, 1.165) is 51.4 Å². The SMILES string of the molecule is CCCC(S)C(S)C(S)CC(C1CCC(C(C)[Si](OCC)(OCC)OCC)C(C(CC(S)C(S)C(S)CCC)[Si](OCC)(OCC)OCC)C1)[Si](OCC)(OCC)OCC. The molecule has 0 heterocycles. The predicted octanol–water partition coefficient (Wildman–Crippen LogP) is 11.5. The Morgan fingerprint density at radius 3 is 1.07 bits per heavy atom. The van der Waals surface area contributed by atoms with E-state index in [9.17, 15) is 0 Å². The topological polar surface area (TPSA) is 83.1 Å². The van der Waals surface area contributed by atoms with Crippen molar-refractivity contribution in [2.45, 2.75) is 189 Å². The minimum atomic E-state index is -3.44. The molecule has 12 unspecified atom stereocenters. The smallest absolute Gasteiger partial charge is 0.374 e. The maximum Gasteiger partial charge on any atom is 0.504 e. The highest BCUT2D eigenvalue weighted by atomic mass is 32.1. The van der Waals surface area contributed by atoms with Crippen LogP contribution in [0.4, 0.5) is 0 Å². The van der Waals surface area contributed by atoms with Crippen LogP contribution in [0.3, 0.4) is 0 Å². The van der Waals surface area contributed by atoms with Gasteiger partial charge >= 0.3 is 26.4 Å². The van der Waals surface area contributed by atoms with Gasteiger partial charge < -0.3 is 39.8 Å². The number of hydrogen-bond donors (Lipinski definition) is 6. The molecular formula is C42H90O9S6Si3. The molecule has 1 aliphatic carbocycles. The van der Waals surface area contributed by atoms with Crippen LogP contribution in [0.1, 0.15) is 141 Å². The van der Waals surface area contributed by atoms with Gasteiger partial charge in [-0.1, -0.05) is 33.6 Å². The average molecular weight is 1020 g/mol. The number of hydrogen-bond acceptors (Lipinski definition) is 15. The Hall–Kier alpha value is 2.39. The van der Waals surface area contributed by atoms with Crippen molar-refractivity contribution >= 4 is 102 Å². The van der Waals surface area contributed by atoms with Crippen molar-refractivity contribution < 1.29 is 39.8 Å². The largest absolute Gasteiger partial charge is 0.504 e. The second kappa shape index (κ2) is 32.2. The Bertz CT molecular complexity index is 1050. The molecular weight excluding hydrogens is 925 g/mol. The Morgan fingerprint density at radius 1 is 0.417 bits per heavy atom. The van der Waals surface area contributed by atoms with Gasteiger partial charge in [-0.05, 0) is 125 Å². The first-order valence-corrected chi connectivity index (χ1v) is 32.0. The van der Waals surface area contributed by atoms with Crippen LogP contribution in [0.15, 0.2) is 0 Å². The minimum absolute atomic E-state index is 0.0324. The van der Waals surface area contributed by atoms with Gasteiger partial charge in [0.25, 0.3) is 0 Å². The van der Waals surface area contributed by atoms with Gasteiger partial charge in [0.05, 0.1) is 0 Å². The highest BCUT2D eigenvalue weighted by Crippen LogP contribution is 2.58. The van der Waals surface area contributed by atoms with Gasteiger partial charge in [-0.2, -0.15) is 75.8 Å². The summed E-state index contributed by atoms with van der Waals surface area (Å²) in [5.41, 5.74) is -0.223. The molecule has 0 aromatic heterocycles. The third kappa shape index (κ3) is 17.2. The Balaban J connectivity index is 4.38. The van der Waals surface area contributed by atoms with Crippen molar-refractivity contribution in [1.29, 1.82) is 0 Å². The fourth-order valence-corrected chi connectivity index (χ4v) is 22.9. The molecule has 0 amide bonds. The summed E-state index contributed by atoms with van der Waals surface area (Å²) in [6.07, 6.45) is 8.02. The molecule has 60 heavy (non-hydrogen) atoms. The molecule has 0 saturated heterocycles. The summed E-state index contributed by atoms with van der Waals surface area (Å²) in [6.45, 7) is 29.4. The van der Waals surface area contributed by atoms with E-state index < -0.39 is 26.4 Å². The molecule has 0 N–H and O–H groups in total. The molecule has 0 radical (unpaired) electrons. The molecule has 0 bridgehead atoms. The molecule has 12 atom stereocenters. The number of thiol groups is 6. The lowest BCUT2D eigenvalue weighted by atomic mass is 9.69. The van der Waals surface area contributed by atoms with Gasteiger partial charge in [0, 0.05) is 108 Å². The van der Waals surface area contributed by atoms with E-state index in [1.54, 1.807) is 0 Å². The molecule has 18 heteroatoms. The highest BCUT2D eigenvalue weighted by Gasteiger charge is 2.62. The number of rotatable bonds is 36. The van der Waals surface area contributed by atoms with Gasteiger partial charge in [0.2, 0.25) is 0 Å². The van der Waals surface area contributed by atoms with E-state index in [1.165, 1.54) is 0 Å². The molecule has 0 spiro atoms. The van der Waals surface area contributed by atoms with Gasteiger partial charge in [-0.3, -0.25) is 0 Å². The normalized spacial score (nSPS) is 22.8. The fourth-order valence-electron chi connectivity index (χ4n) is 9.65. The summed E-state index contributed by atoms with van der Waals surface area (Å²) >= 11 is 31.1. The lowest BCUT2D eigenvalue weighted by Gasteiger charge is -2.52. The average Bonchev–Trinajstić information content (AvgIpc) is 3.21. The van der Waals surface area contributed by atoms with Crippen molar-refractivity contribution in [3.05, 3.63) is 0 Å². The third-order valence-electron chi connectivity index (χ3n) is 12.0. The highest BCUT2D eigenvalue weighted by molar-refractivity contribution is 7.88. The predicted molar refractivity (Wildman–Crippen MR) is 279 cm³/mol. The van der Waals surface area contributed by atoms with Crippen LogP contribution in [-0.4, -0.2) is 117 Å². The lowest BCUT2D eigenvalue weighted by molar-refractivity contribution is 0.0117. The molecule has 1 rings (SSSR count). The van der Waals surface area contributed by atoms with Gasteiger partial charge in [0.1, 0.15) is 0 Å². The second-order valence-corrected chi connectivity index (χ2v) is 28.4. The van der Waals surface area contributed by atoms with Gasteiger partial charge in [-0.25, -0.2) is 0 Å². The third-order valence-corrected chi connectivity index (χ3v) is 27.6. The van der Waals surface area contributed by atoms with E-state index in [4.69, 9.17) is 116 Å². The molecule has 360 valence electrons. The molecule has 9 nitrogen and oxygen atoms in total. The van der Waals surface area contributed by atoms with E-state index in [2.05, 4.69) is 20.8 Å². The van der Waals surface area contributed by atoms with Gasteiger partial charge in [-0.15, -0.1) is 0 Å². The van der Waals surface area contributed by atoms with Crippen molar-refractivity contribution in [3.63, 3.8) is 0 Å². The first-order chi connectivity index (χ1) is 28.6. The summed E-state index contributed by atoms with van der Waals surface area (Å²) in [7, 11) is -9.98. The molecule has 1 fully saturated rings. The van der Waals surface area contributed by atoms with Crippen molar-refractivity contribution in [3.8, 4) is 0 Å². The fraction of sp³-hybridized carbons (Fsp3) is 1.00. The Labute approximate surface area is 405 Å². The standard InChI is InChI=1S/C42H90O9S6Si3/c1-13-24-35(52)41(56)37(54)29-39(59(46-18-6,47-19-7)48-20-8)32-26-27-33(31(12)58(43-15-3,44-16-4)45-17-5)34(28-32)40(30-38(55)42(57)36(53)25-14-2)60(49-21-9,50-22-10)51-23-11/h31-42,52-57H,13-30H2,1-12H3. The summed E-state index contributed by atoms with van der Waals surface area (Å²) in [4.78, 5) is 0. The molecule has 0 aromatic carbocycles. The van der Waals surface area contributed by atoms with E-state index in [-0.39, 0.29) is 65.9 Å². The molecule has 0 aliphatic heterocycles. The summed E-state index contributed by atoms with van der Waals surface area (Å²) in [6, 6.07) is 0. The lowest BCUT2D eigenvalue weighted by Crippen LogP contribution is -2.59. The maximum absolute atomic E-state index is 6.93. The molecule has 1 saturated carbocycles. The van der Waals surface area contributed by atoms with E-state index >= 15 is 0 Å². The van der Waals surface area contributed by atoms with Crippen LogP contribution in [0.5, 0.6) is 0 Å². The zero-order valence-electron chi connectivity index (χ0n) is 39.5. The minimum Gasteiger partial charge on any atom is -0.374 e. The van der Waals surface area contributed by atoms with E-state index in [0.29, 0.717) is 65.9 Å². The van der Waals surface area contributed by atoms with Crippen LogP contribution in [0, 0.1) is 17.8 Å². The molecule has 1 aliphatic rings. The van der Waals surface area contributed by atoms with Gasteiger partial charge in [0.15, 0.2) is 0 Å². The van der Waals surface area contributed by atoms with Crippen molar-refractivity contribution in [2.75, 3.05) is 59.5 Å².